The van der Waals surface area contributed by atoms with Gasteiger partial charge in [-0.3, -0.25) is 4.99 Å². The summed E-state index contributed by atoms with van der Waals surface area (Å²) in [7, 11) is 0. The average Bonchev–Trinajstić information content (AvgIpc) is 2.67. The number of rotatable bonds is 1. The van der Waals surface area contributed by atoms with Gasteiger partial charge in [-0.1, -0.05) is 36.1 Å². The van der Waals surface area contributed by atoms with Crippen molar-refractivity contribution in [1.29, 1.82) is 0 Å². The summed E-state index contributed by atoms with van der Waals surface area (Å²) in [6.45, 7) is 3.12. The maximum atomic E-state index is 4.45. The van der Waals surface area contributed by atoms with Gasteiger partial charge in [0.05, 0.1) is 12.5 Å². The molecule has 2 heterocycles. The van der Waals surface area contributed by atoms with Crippen molar-refractivity contribution in [3.8, 4) is 11.8 Å². The van der Waals surface area contributed by atoms with Crippen molar-refractivity contribution >= 4 is 11.9 Å². The third kappa shape index (κ3) is 3.21. The molecule has 0 spiro atoms. The fraction of sp³-hybridized carbons (Fsp3) is 0.318. The van der Waals surface area contributed by atoms with Crippen LogP contribution >= 0.6 is 0 Å². The Bertz CT molecular complexity index is 787. The van der Waals surface area contributed by atoms with Crippen molar-refractivity contribution in [3.05, 3.63) is 65.2 Å². The number of hydrogen-bond acceptors (Lipinski definition) is 2. The highest BCUT2D eigenvalue weighted by Gasteiger charge is 2.14. The van der Waals surface area contributed by atoms with E-state index in [0.29, 0.717) is 0 Å². The molecule has 2 nitrogen and oxygen atoms in total. The van der Waals surface area contributed by atoms with Gasteiger partial charge in [0.15, 0.2) is 0 Å². The van der Waals surface area contributed by atoms with Gasteiger partial charge in [-0.2, -0.15) is 0 Å². The first-order chi connectivity index (χ1) is 11.9. The van der Waals surface area contributed by atoms with Crippen LogP contribution in [0.1, 0.15) is 41.9 Å². The molecule has 0 aromatic heterocycles. The minimum absolute atomic E-state index is 0.202. The number of nitrogens with zero attached hydrogens (tertiary/aromatic N) is 2. The Hall–Kier alpha value is -2.53. The lowest BCUT2D eigenvalue weighted by atomic mass is 9.93. The molecule has 24 heavy (non-hydrogen) atoms. The molecule has 0 radical (unpaired) electrons. The summed E-state index contributed by atoms with van der Waals surface area (Å²) < 4.78 is 0. The molecule has 1 atom stereocenters. The number of anilines is 1. The average molecular weight is 314 g/mol. The van der Waals surface area contributed by atoms with Gasteiger partial charge in [0.25, 0.3) is 0 Å². The maximum Gasteiger partial charge on any atom is 0.0657 e. The van der Waals surface area contributed by atoms with Crippen molar-refractivity contribution in [2.24, 2.45) is 4.99 Å². The normalized spacial score (nSPS) is 19.3. The molecule has 1 fully saturated rings. The number of fused-ring (bicyclic) bond motifs is 1. The Morgan fingerprint density at radius 3 is 2.54 bits per heavy atom. The Morgan fingerprint density at radius 1 is 0.917 bits per heavy atom. The van der Waals surface area contributed by atoms with Crippen LogP contribution in [-0.2, 0) is 0 Å². The van der Waals surface area contributed by atoms with E-state index in [2.05, 4.69) is 70.3 Å². The smallest absolute Gasteiger partial charge is 0.0657 e. The van der Waals surface area contributed by atoms with Gasteiger partial charge in [0.1, 0.15) is 0 Å². The monoisotopic (exact) mass is 314 g/mol. The Morgan fingerprint density at radius 2 is 1.71 bits per heavy atom. The largest absolute Gasteiger partial charge is 0.372 e. The second-order valence-corrected chi connectivity index (χ2v) is 6.54. The molecule has 0 aliphatic carbocycles. The lowest BCUT2D eigenvalue weighted by molar-refractivity contribution is 0.578. The minimum atomic E-state index is 0.202. The first-order valence-electron chi connectivity index (χ1n) is 8.85. The molecule has 0 amide bonds. The lowest BCUT2D eigenvalue weighted by Gasteiger charge is -2.28. The lowest BCUT2D eigenvalue weighted by Crippen LogP contribution is -2.29. The number of hydrogen-bond donors (Lipinski definition) is 0. The molecule has 1 saturated heterocycles. The quantitative estimate of drug-likeness (QED) is 0.719. The summed E-state index contributed by atoms with van der Waals surface area (Å²) in [5.74, 6) is 6.96. The van der Waals surface area contributed by atoms with Crippen LogP contribution in [0.3, 0.4) is 0 Å². The molecule has 2 heteroatoms. The van der Waals surface area contributed by atoms with E-state index in [-0.39, 0.29) is 5.92 Å². The zero-order chi connectivity index (χ0) is 16.2. The number of piperidine rings is 1. The first kappa shape index (κ1) is 15.0. The van der Waals surface area contributed by atoms with Crippen molar-refractivity contribution in [2.75, 3.05) is 24.5 Å². The van der Waals surface area contributed by atoms with Gasteiger partial charge < -0.3 is 4.90 Å². The van der Waals surface area contributed by atoms with E-state index < -0.39 is 0 Å². The molecule has 2 aromatic carbocycles. The molecule has 2 aromatic rings. The Balaban J connectivity index is 1.50. The molecule has 120 valence electrons. The zero-order valence-electron chi connectivity index (χ0n) is 13.9. The van der Waals surface area contributed by atoms with Crippen LogP contribution in [0.2, 0.25) is 0 Å². The van der Waals surface area contributed by atoms with Gasteiger partial charge in [-0.05, 0) is 54.7 Å². The third-order valence-corrected chi connectivity index (χ3v) is 4.87. The molecule has 2 aliphatic rings. The topological polar surface area (TPSA) is 15.6 Å². The van der Waals surface area contributed by atoms with Crippen molar-refractivity contribution in [3.63, 3.8) is 0 Å². The van der Waals surface area contributed by atoms with Crippen LogP contribution in [0.5, 0.6) is 0 Å². The van der Waals surface area contributed by atoms with E-state index in [4.69, 9.17) is 0 Å². The van der Waals surface area contributed by atoms with Gasteiger partial charge in [-0.15, -0.1) is 0 Å². The summed E-state index contributed by atoms with van der Waals surface area (Å²) in [6, 6.07) is 17.1. The van der Waals surface area contributed by atoms with E-state index in [1.54, 1.807) is 0 Å². The molecule has 0 bridgehead atoms. The molecule has 0 saturated carbocycles. The molecular formula is C22H22N2. The standard InChI is InChI=1S/C22H22N2/c1-4-14-24(15-5-1)21-12-9-18(10-13-21)8-11-20-17-23-16-19-6-2-3-7-22(19)20/h2-3,6-7,9-10,12-13,16,20H,1,4-5,14-15,17H2. The van der Waals surface area contributed by atoms with E-state index >= 15 is 0 Å². The predicted octanol–water partition coefficient (Wildman–Crippen LogP) is 4.24. The van der Waals surface area contributed by atoms with Gasteiger partial charge in [0.2, 0.25) is 0 Å². The van der Waals surface area contributed by atoms with E-state index in [1.807, 2.05) is 6.21 Å². The summed E-state index contributed by atoms with van der Waals surface area (Å²) in [5, 5.41) is 0. The zero-order valence-corrected chi connectivity index (χ0v) is 13.9. The number of aliphatic imine (C=N–C) groups is 1. The van der Waals surface area contributed by atoms with Crippen LogP contribution in [0.15, 0.2) is 53.5 Å². The van der Waals surface area contributed by atoms with Crippen LogP contribution in [0, 0.1) is 11.8 Å². The van der Waals surface area contributed by atoms with Crippen LogP contribution in [0.4, 0.5) is 5.69 Å². The van der Waals surface area contributed by atoms with Gasteiger partial charge >= 0.3 is 0 Å². The van der Waals surface area contributed by atoms with Crippen molar-refractivity contribution < 1.29 is 0 Å². The summed E-state index contributed by atoms with van der Waals surface area (Å²) in [6.07, 6.45) is 5.94. The first-order valence-corrected chi connectivity index (χ1v) is 8.85. The second kappa shape index (κ2) is 6.93. The van der Waals surface area contributed by atoms with Crippen molar-refractivity contribution in [1.82, 2.24) is 0 Å². The Labute approximate surface area is 144 Å². The van der Waals surface area contributed by atoms with Gasteiger partial charge in [-0.25, -0.2) is 0 Å². The third-order valence-electron chi connectivity index (χ3n) is 4.87. The fourth-order valence-corrected chi connectivity index (χ4v) is 3.50. The minimum Gasteiger partial charge on any atom is -0.372 e. The SMILES string of the molecule is C(#CC1CN=Cc2ccccc21)c1ccc(N2CCCCC2)cc1. The highest BCUT2D eigenvalue weighted by atomic mass is 15.1. The molecular weight excluding hydrogens is 292 g/mol. The van der Waals surface area contributed by atoms with Crippen molar-refractivity contribution in [2.45, 2.75) is 25.2 Å². The molecule has 4 rings (SSSR count). The maximum absolute atomic E-state index is 4.45. The van der Waals surface area contributed by atoms with E-state index in [9.17, 15) is 0 Å². The summed E-state index contributed by atoms with van der Waals surface area (Å²) in [5.41, 5.74) is 4.91. The number of benzene rings is 2. The van der Waals surface area contributed by atoms with Crippen LogP contribution in [-0.4, -0.2) is 25.8 Å². The summed E-state index contributed by atoms with van der Waals surface area (Å²) >= 11 is 0. The highest BCUT2D eigenvalue weighted by molar-refractivity contribution is 5.83. The molecule has 2 aliphatic heterocycles. The van der Waals surface area contributed by atoms with Crippen LogP contribution in [0.25, 0.3) is 0 Å². The van der Waals surface area contributed by atoms with E-state index in [0.717, 1.165) is 12.1 Å². The Kier molecular flexibility index (Phi) is 4.34. The molecule has 0 N–H and O–H groups in total. The second-order valence-electron chi connectivity index (χ2n) is 6.54. The van der Waals surface area contributed by atoms with Crippen LogP contribution < -0.4 is 4.90 Å². The fourth-order valence-electron chi connectivity index (χ4n) is 3.50. The molecule has 1 unspecified atom stereocenters. The van der Waals surface area contributed by atoms with E-state index in [1.165, 1.54) is 49.2 Å². The summed E-state index contributed by atoms with van der Waals surface area (Å²) in [4.78, 5) is 6.93. The van der Waals surface area contributed by atoms with Gasteiger partial charge in [0, 0.05) is 30.6 Å². The predicted molar refractivity (Wildman–Crippen MR) is 101 cm³/mol. The highest BCUT2D eigenvalue weighted by Crippen LogP contribution is 2.23.